The Morgan fingerprint density at radius 1 is 1.24 bits per heavy atom. The third-order valence-corrected chi connectivity index (χ3v) is 6.84. The van der Waals surface area contributed by atoms with Crippen molar-refractivity contribution in [2.45, 2.75) is 38.0 Å². The molecule has 1 fully saturated rings. The van der Waals surface area contributed by atoms with Crippen LogP contribution in [-0.2, 0) is 4.79 Å². The van der Waals surface area contributed by atoms with Gasteiger partial charge in [0.1, 0.15) is 0 Å². The lowest BCUT2D eigenvalue weighted by Gasteiger charge is -2.29. The number of hydrogen-bond acceptors (Lipinski definition) is 3. The summed E-state index contributed by atoms with van der Waals surface area (Å²) in [6.07, 6.45) is 2.17. The first-order valence-corrected chi connectivity index (χ1v) is 10.0. The molecule has 0 saturated carbocycles. The van der Waals surface area contributed by atoms with Gasteiger partial charge in [0.25, 0.3) is 0 Å². The SMILES string of the molecule is CCC(CC)C(NC(=O)C1CSCCS1)c1ccccc1. The zero-order valence-electron chi connectivity index (χ0n) is 12.9. The quantitative estimate of drug-likeness (QED) is 0.853. The van der Waals surface area contributed by atoms with Gasteiger partial charge in [0.2, 0.25) is 5.91 Å². The number of nitrogens with one attached hydrogen (secondary N) is 1. The van der Waals surface area contributed by atoms with Crippen LogP contribution in [0.25, 0.3) is 0 Å². The van der Waals surface area contributed by atoms with E-state index < -0.39 is 0 Å². The standard InChI is InChI=1S/C17H25NOS2/c1-3-13(4-2)16(14-8-6-5-7-9-14)18-17(19)15-12-20-10-11-21-15/h5-9,13,15-16H,3-4,10-12H2,1-2H3,(H,18,19). The highest BCUT2D eigenvalue weighted by atomic mass is 32.2. The smallest absolute Gasteiger partial charge is 0.234 e. The molecule has 1 N–H and O–H groups in total. The fraction of sp³-hybridized carbons (Fsp3) is 0.588. The van der Waals surface area contributed by atoms with Crippen molar-refractivity contribution in [2.75, 3.05) is 17.3 Å². The molecule has 1 aliphatic heterocycles. The van der Waals surface area contributed by atoms with Crippen molar-refractivity contribution in [3.05, 3.63) is 35.9 Å². The Labute approximate surface area is 136 Å². The fourth-order valence-electron chi connectivity index (χ4n) is 2.78. The first-order valence-electron chi connectivity index (χ1n) is 7.80. The van der Waals surface area contributed by atoms with Crippen LogP contribution in [0.5, 0.6) is 0 Å². The van der Waals surface area contributed by atoms with Crippen molar-refractivity contribution in [1.29, 1.82) is 0 Å². The van der Waals surface area contributed by atoms with Crippen LogP contribution in [-0.4, -0.2) is 28.4 Å². The number of amides is 1. The van der Waals surface area contributed by atoms with E-state index in [1.54, 1.807) is 11.8 Å². The van der Waals surface area contributed by atoms with E-state index in [2.05, 4.69) is 43.4 Å². The summed E-state index contributed by atoms with van der Waals surface area (Å²) in [5, 5.41) is 3.45. The number of benzene rings is 1. The molecule has 0 radical (unpaired) electrons. The summed E-state index contributed by atoms with van der Waals surface area (Å²) in [5.74, 6) is 3.92. The molecule has 21 heavy (non-hydrogen) atoms. The minimum atomic E-state index is 0.115. The van der Waals surface area contributed by atoms with Crippen molar-refractivity contribution in [1.82, 2.24) is 5.32 Å². The third kappa shape index (κ3) is 4.68. The summed E-state index contributed by atoms with van der Waals surface area (Å²) in [7, 11) is 0. The highest BCUT2D eigenvalue weighted by Crippen LogP contribution is 2.29. The Bertz CT molecular complexity index is 428. The van der Waals surface area contributed by atoms with Gasteiger partial charge in [0.05, 0.1) is 11.3 Å². The van der Waals surface area contributed by atoms with E-state index in [4.69, 9.17) is 0 Å². The average Bonchev–Trinajstić information content (AvgIpc) is 2.56. The molecule has 1 aromatic rings. The number of carbonyl (C=O) groups excluding carboxylic acids is 1. The number of thioether (sulfide) groups is 2. The molecule has 116 valence electrons. The molecule has 2 atom stereocenters. The molecular formula is C17H25NOS2. The zero-order chi connectivity index (χ0) is 15.1. The molecule has 0 aliphatic carbocycles. The Morgan fingerprint density at radius 3 is 2.52 bits per heavy atom. The third-order valence-electron chi connectivity index (χ3n) is 4.08. The molecule has 1 heterocycles. The van der Waals surface area contributed by atoms with E-state index in [0.717, 1.165) is 24.3 Å². The van der Waals surface area contributed by atoms with Crippen molar-refractivity contribution in [3.8, 4) is 0 Å². The molecule has 2 nitrogen and oxygen atoms in total. The average molecular weight is 324 g/mol. The first-order chi connectivity index (χ1) is 10.3. The monoisotopic (exact) mass is 323 g/mol. The van der Waals surface area contributed by atoms with Gasteiger partial charge in [-0.3, -0.25) is 4.79 Å². The van der Waals surface area contributed by atoms with E-state index in [9.17, 15) is 4.79 Å². The summed E-state index contributed by atoms with van der Waals surface area (Å²) >= 11 is 3.70. The Hall–Kier alpha value is -0.610. The Kier molecular flexibility index (Phi) is 6.97. The van der Waals surface area contributed by atoms with Crippen LogP contribution < -0.4 is 5.32 Å². The maximum Gasteiger partial charge on any atom is 0.234 e. The highest BCUT2D eigenvalue weighted by molar-refractivity contribution is 8.07. The summed E-state index contributed by atoms with van der Waals surface area (Å²) in [5.41, 5.74) is 1.23. The van der Waals surface area contributed by atoms with Crippen LogP contribution in [0.4, 0.5) is 0 Å². The number of carbonyl (C=O) groups is 1. The maximum atomic E-state index is 12.6. The van der Waals surface area contributed by atoms with Gasteiger partial charge in [0.15, 0.2) is 0 Å². The van der Waals surface area contributed by atoms with E-state index in [1.165, 1.54) is 11.3 Å². The minimum absolute atomic E-state index is 0.115. The van der Waals surface area contributed by atoms with Gasteiger partial charge < -0.3 is 5.32 Å². The van der Waals surface area contributed by atoms with E-state index in [0.29, 0.717) is 5.92 Å². The maximum absolute atomic E-state index is 12.6. The lowest BCUT2D eigenvalue weighted by atomic mass is 9.88. The lowest BCUT2D eigenvalue weighted by Crippen LogP contribution is -2.40. The molecule has 0 bridgehead atoms. The summed E-state index contributed by atoms with van der Waals surface area (Å²) < 4.78 is 0. The highest BCUT2D eigenvalue weighted by Gasteiger charge is 2.27. The van der Waals surface area contributed by atoms with Crippen LogP contribution in [0.1, 0.15) is 38.3 Å². The topological polar surface area (TPSA) is 29.1 Å². The molecular weight excluding hydrogens is 298 g/mol. The normalized spacial score (nSPS) is 20.2. The molecule has 1 saturated heterocycles. The Balaban J connectivity index is 2.10. The van der Waals surface area contributed by atoms with Crippen molar-refractivity contribution >= 4 is 29.4 Å². The zero-order valence-corrected chi connectivity index (χ0v) is 14.5. The lowest BCUT2D eigenvalue weighted by molar-refractivity contribution is -0.121. The molecule has 0 aromatic heterocycles. The molecule has 1 aromatic carbocycles. The van der Waals surface area contributed by atoms with E-state index >= 15 is 0 Å². The first kappa shape index (κ1) is 16.8. The van der Waals surface area contributed by atoms with Crippen LogP contribution in [0.3, 0.4) is 0 Å². The molecule has 2 unspecified atom stereocenters. The summed E-state index contributed by atoms with van der Waals surface area (Å²) in [4.78, 5) is 12.6. The van der Waals surface area contributed by atoms with E-state index in [1.807, 2.05) is 17.8 Å². The molecule has 2 rings (SSSR count). The minimum Gasteiger partial charge on any atom is -0.348 e. The van der Waals surface area contributed by atoms with Crippen LogP contribution in [0.2, 0.25) is 0 Å². The fourth-order valence-corrected chi connectivity index (χ4v) is 5.35. The van der Waals surface area contributed by atoms with Crippen molar-refractivity contribution in [3.63, 3.8) is 0 Å². The second-order valence-corrected chi connectivity index (χ2v) is 7.87. The van der Waals surface area contributed by atoms with Gasteiger partial charge in [-0.2, -0.15) is 11.8 Å². The molecule has 4 heteroatoms. The van der Waals surface area contributed by atoms with Gasteiger partial charge in [-0.25, -0.2) is 0 Å². The molecule has 1 aliphatic rings. The van der Waals surface area contributed by atoms with Gasteiger partial charge in [0, 0.05) is 17.3 Å². The molecule has 0 spiro atoms. The van der Waals surface area contributed by atoms with Gasteiger partial charge >= 0.3 is 0 Å². The van der Waals surface area contributed by atoms with Crippen molar-refractivity contribution in [2.24, 2.45) is 5.92 Å². The number of hydrogen-bond donors (Lipinski definition) is 1. The second-order valence-electron chi connectivity index (χ2n) is 5.41. The van der Waals surface area contributed by atoms with Crippen LogP contribution >= 0.6 is 23.5 Å². The van der Waals surface area contributed by atoms with Crippen LogP contribution in [0, 0.1) is 5.92 Å². The predicted octanol–water partition coefficient (Wildman–Crippen LogP) is 4.13. The molecule has 1 amide bonds. The summed E-state index contributed by atoms with van der Waals surface area (Å²) in [6, 6.07) is 10.5. The van der Waals surface area contributed by atoms with E-state index in [-0.39, 0.29) is 17.2 Å². The largest absolute Gasteiger partial charge is 0.348 e. The number of rotatable bonds is 6. The Morgan fingerprint density at radius 2 is 1.95 bits per heavy atom. The van der Waals surface area contributed by atoms with Crippen molar-refractivity contribution < 1.29 is 4.79 Å². The van der Waals surface area contributed by atoms with Crippen LogP contribution in [0.15, 0.2) is 30.3 Å². The van der Waals surface area contributed by atoms with Gasteiger partial charge in [-0.1, -0.05) is 57.0 Å². The summed E-state index contributed by atoms with van der Waals surface area (Å²) in [6.45, 7) is 4.42. The predicted molar refractivity (Wildman–Crippen MR) is 95.0 cm³/mol. The van der Waals surface area contributed by atoms with Gasteiger partial charge in [-0.15, -0.1) is 11.8 Å². The second kappa shape index (κ2) is 8.74. The van der Waals surface area contributed by atoms with Gasteiger partial charge in [-0.05, 0) is 11.5 Å².